The van der Waals surface area contributed by atoms with E-state index in [2.05, 4.69) is 88.9 Å². The van der Waals surface area contributed by atoms with Gasteiger partial charge in [0.1, 0.15) is 0 Å². The van der Waals surface area contributed by atoms with Crippen LogP contribution < -0.4 is 0 Å². The summed E-state index contributed by atoms with van der Waals surface area (Å²) in [5, 5.41) is 12.0. The lowest BCUT2D eigenvalue weighted by molar-refractivity contribution is 0.469. The third-order valence-corrected chi connectivity index (χ3v) is 7.03. The number of para-hydroxylation sites is 1. The van der Waals surface area contributed by atoms with Crippen molar-refractivity contribution < 1.29 is 5.11 Å². The number of aromatic nitrogens is 2. The van der Waals surface area contributed by atoms with E-state index in [9.17, 15) is 5.11 Å². The fourth-order valence-electron chi connectivity index (χ4n) is 5.29. The van der Waals surface area contributed by atoms with E-state index in [0.29, 0.717) is 0 Å². The van der Waals surface area contributed by atoms with Crippen molar-refractivity contribution in [3.63, 3.8) is 0 Å². The van der Waals surface area contributed by atoms with Crippen LogP contribution in [0.15, 0.2) is 133 Å². The minimum absolute atomic E-state index is 0.254. The molecule has 0 amide bonds. The highest BCUT2D eigenvalue weighted by molar-refractivity contribution is 5.76. The molecule has 6 aromatic rings. The molecular weight excluding hydrogens is 464 g/mol. The van der Waals surface area contributed by atoms with E-state index < -0.39 is 0 Å². The summed E-state index contributed by atoms with van der Waals surface area (Å²) in [6, 6.07) is 45.8. The first-order valence-electron chi connectivity index (χ1n) is 13.2. The molecule has 0 aliphatic carbocycles. The molecule has 0 fully saturated rings. The number of phenols is 1. The van der Waals surface area contributed by atoms with Crippen LogP contribution in [0.2, 0.25) is 0 Å². The van der Waals surface area contributed by atoms with Crippen molar-refractivity contribution >= 4 is 0 Å². The lowest BCUT2D eigenvalue weighted by atomic mass is 10.1. The van der Waals surface area contributed by atoms with Gasteiger partial charge in [-0.2, -0.15) is 0 Å². The Morgan fingerprint density at radius 1 is 0.474 bits per heavy atom. The Hall–Kier alpha value is -4.76. The summed E-state index contributed by atoms with van der Waals surface area (Å²) in [5.74, 6) is 0.254. The van der Waals surface area contributed by atoms with E-state index in [-0.39, 0.29) is 5.75 Å². The van der Waals surface area contributed by atoms with Crippen LogP contribution in [0.4, 0.5) is 0 Å². The molecule has 0 unspecified atom stereocenters. The second kappa shape index (κ2) is 10.3. The fourth-order valence-corrected chi connectivity index (χ4v) is 5.29. The van der Waals surface area contributed by atoms with Crippen LogP contribution in [0.1, 0.15) is 19.0 Å². The van der Waals surface area contributed by atoms with E-state index in [1.54, 1.807) is 0 Å². The maximum Gasteiger partial charge on any atom is 0.163 e. The van der Waals surface area contributed by atoms with Gasteiger partial charge in [-0.05, 0) is 59.5 Å². The molecule has 0 aliphatic heterocycles. The maximum atomic E-state index is 12.0. The first kappa shape index (κ1) is 23.6. The van der Waals surface area contributed by atoms with E-state index in [1.807, 2.05) is 60.7 Å². The van der Waals surface area contributed by atoms with Crippen LogP contribution in [-0.4, -0.2) is 14.2 Å². The smallest absolute Gasteiger partial charge is 0.163 e. The summed E-state index contributed by atoms with van der Waals surface area (Å²) in [6.45, 7) is 2.19. The number of phenolic OH excluding ortho intramolecular Hbond substituents is 1. The fraction of sp³-hybridized carbons (Fsp3) is 0.0857. The third kappa shape index (κ3) is 4.22. The lowest BCUT2D eigenvalue weighted by Crippen LogP contribution is -2.06. The number of rotatable bonds is 7. The molecule has 0 aliphatic rings. The summed E-state index contributed by atoms with van der Waals surface area (Å²) in [5.41, 5.74) is 9.15. The SMILES string of the molecule is CCCc1ccc(-c2ccccc2)n1-c1cccc(-n2c(-c3ccccc3)ccc2-c2ccccc2)c1O. The Morgan fingerprint density at radius 2 is 0.895 bits per heavy atom. The molecule has 3 heteroatoms. The molecule has 6 rings (SSSR count). The van der Waals surface area contributed by atoms with Crippen molar-refractivity contribution in [2.45, 2.75) is 19.8 Å². The quantitative estimate of drug-likeness (QED) is 0.236. The molecule has 0 saturated carbocycles. The molecule has 0 radical (unpaired) electrons. The summed E-state index contributed by atoms with van der Waals surface area (Å²) in [7, 11) is 0. The van der Waals surface area contributed by atoms with Gasteiger partial charge in [-0.3, -0.25) is 0 Å². The van der Waals surface area contributed by atoms with E-state index in [4.69, 9.17) is 0 Å². The van der Waals surface area contributed by atoms with Gasteiger partial charge < -0.3 is 14.2 Å². The van der Waals surface area contributed by atoms with Crippen molar-refractivity contribution in [2.24, 2.45) is 0 Å². The molecule has 0 bridgehead atoms. The Kier molecular flexibility index (Phi) is 6.41. The standard InChI is InChI=1S/C35H30N2O/c1-2-13-29-22-23-30(26-14-6-3-7-15-26)36(29)33-20-12-21-34(35(33)38)37-31(27-16-8-4-9-17-27)24-25-32(37)28-18-10-5-11-19-28/h3-12,14-25,38H,2,13H2,1H3. The molecule has 0 saturated heterocycles. The first-order chi connectivity index (χ1) is 18.8. The highest BCUT2D eigenvalue weighted by Crippen LogP contribution is 2.40. The maximum absolute atomic E-state index is 12.0. The van der Waals surface area contributed by atoms with Gasteiger partial charge in [-0.1, -0.05) is 110 Å². The van der Waals surface area contributed by atoms with Crippen molar-refractivity contribution in [3.8, 4) is 50.9 Å². The average Bonchev–Trinajstić information content (AvgIpc) is 3.60. The normalized spacial score (nSPS) is 11.1. The zero-order chi connectivity index (χ0) is 25.9. The van der Waals surface area contributed by atoms with Crippen LogP contribution in [0, 0.1) is 0 Å². The van der Waals surface area contributed by atoms with Crippen LogP contribution in [0.25, 0.3) is 45.1 Å². The van der Waals surface area contributed by atoms with Gasteiger partial charge in [0, 0.05) is 5.69 Å². The van der Waals surface area contributed by atoms with E-state index in [1.165, 1.54) is 5.69 Å². The average molecular weight is 495 g/mol. The predicted molar refractivity (Wildman–Crippen MR) is 157 cm³/mol. The molecule has 4 aromatic carbocycles. The summed E-state index contributed by atoms with van der Waals surface area (Å²) in [4.78, 5) is 0. The van der Waals surface area contributed by atoms with Gasteiger partial charge in [0.25, 0.3) is 0 Å². The summed E-state index contributed by atoms with van der Waals surface area (Å²) < 4.78 is 4.39. The Bertz CT molecular complexity index is 1600. The lowest BCUT2D eigenvalue weighted by Gasteiger charge is -2.20. The number of hydrogen-bond donors (Lipinski definition) is 1. The third-order valence-electron chi connectivity index (χ3n) is 7.03. The molecule has 3 nitrogen and oxygen atoms in total. The second-order valence-electron chi connectivity index (χ2n) is 9.48. The number of aromatic hydroxyl groups is 1. The first-order valence-corrected chi connectivity index (χ1v) is 13.2. The topological polar surface area (TPSA) is 30.1 Å². The molecule has 2 heterocycles. The van der Waals surface area contributed by atoms with Gasteiger partial charge in [0.2, 0.25) is 0 Å². The highest BCUT2D eigenvalue weighted by Gasteiger charge is 2.21. The van der Waals surface area contributed by atoms with Crippen LogP contribution in [0.5, 0.6) is 5.75 Å². The molecule has 1 N–H and O–H groups in total. The van der Waals surface area contributed by atoms with E-state index >= 15 is 0 Å². The Morgan fingerprint density at radius 3 is 1.37 bits per heavy atom. The molecule has 0 spiro atoms. The number of aryl methyl sites for hydroxylation is 1. The Labute approximate surface area is 223 Å². The summed E-state index contributed by atoms with van der Waals surface area (Å²) >= 11 is 0. The van der Waals surface area contributed by atoms with Gasteiger partial charge in [-0.25, -0.2) is 0 Å². The second-order valence-corrected chi connectivity index (χ2v) is 9.48. The van der Waals surface area contributed by atoms with Gasteiger partial charge >= 0.3 is 0 Å². The predicted octanol–water partition coefficient (Wildman–Crippen LogP) is 8.93. The van der Waals surface area contributed by atoms with Crippen LogP contribution >= 0.6 is 0 Å². The van der Waals surface area contributed by atoms with Crippen LogP contribution in [0.3, 0.4) is 0 Å². The monoisotopic (exact) mass is 494 g/mol. The number of hydrogen-bond acceptors (Lipinski definition) is 1. The van der Waals surface area contributed by atoms with Crippen LogP contribution in [-0.2, 0) is 6.42 Å². The van der Waals surface area contributed by atoms with Gasteiger partial charge in [0.15, 0.2) is 5.75 Å². The van der Waals surface area contributed by atoms with Gasteiger partial charge in [-0.15, -0.1) is 0 Å². The van der Waals surface area contributed by atoms with Gasteiger partial charge in [0.05, 0.1) is 28.5 Å². The highest BCUT2D eigenvalue weighted by atomic mass is 16.3. The zero-order valence-corrected chi connectivity index (χ0v) is 21.5. The van der Waals surface area contributed by atoms with Crippen molar-refractivity contribution in [1.82, 2.24) is 9.13 Å². The molecule has 0 atom stereocenters. The molecule has 2 aromatic heterocycles. The molecular formula is C35H30N2O. The largest absolute Gasteiger partial charge is 0.504 e. The summed E-state index contributed by atoms with van der Waals surface area (Å²) in [6.07, 6.45) is 1.94. The van der Waals surface area contributed by atoms with E-state index in [0.717, 1.165) is 58.0 Å². The van der Waals surface area contributed by atoms with Crippen molar-refractivity contribution in [3.05, 3.63) is 139 Å². The minimum atomic E-state index is 0.254. The number of nitrogens with zero attached hydrogens (tertiary/aromatic N) is 2. The van der Waals surface area contributed by atoms with Crippen molar-refractivity contribution in [1.29, 1.82) is 0 Å². The minimum Gasteiger partial charge on any atom is -0.504 e. The number of benzene rings is 4. The zero-order valence-electron chi connectivity index (χ0n) is 21.5. The molecule has 38 heavy (non-hydrogen) atoms. The van der Waals surface area contributed by atoms with Crippen molar-refractivity contribution in [2.75, 3.05) is 0 Å². The Balaban J connectivity index is 1.60. The molecule has 186 valence electrons.